The van der Waals surface area contributed by atoms with E-state index in [-0.39, 0.29) is 0 Å². The molecule has 118 valence electrons. The molecule has 23 heavy (non-hydrogen) atoms. The fourth-order valence-electron chi connectivity index (χ4n) is 3.71. The third-order valence-corrected chi connectivity index (χ3v) is 4.97. The normalized spacial score (nSPS) is 16.9. The Morgan fingerprint density at radius 3 is 2.61 bits per heavy atom. The monoisotopic (exact) mass is 306 g/mol. The molecule has 2 N–H and O–H groups in total. The van der Waals surface area contributed by atoms with Crippen molar-refractivity contribution in [1.82, 2.24) is 9.88 Å². The summed E-state index contributed by atoms with van der Waals surface area (Å²) in [6.45, 7) is 3.30. The van der Waals surface area contributed by atoms with Crippen LogP contribution in [0.2, 0.25) is 0 Å². The largest absolute Gasteiger partial charge is 0.508 e. The number of nitrogens with zero attached hydrogens (tertiary/aromatic N) is 1. The van der Waals surface area contributed by atoms with E-state index >= 15 is 0 Å². The highest BCUT2D eigenvalue weighted by atomic mass is 16.3. The smallest absolute Gasteiger partial charge is 0.116 e. The molecule has 4 rings (SSSR count). The van der Waals surface area contributed by atoms with Gasteiger partial charge in [0.1, 0.15) is 5.75 Å². The predicted molar refractivity (Wildman–Crippen MR) is 93.7 cm³/mol. The number of nitrogens with one attached hydrogen (secondary N) is 1. The van der Waals surface area contributed by atoms with Crippen molar-refractivity contribution in [3.63, 3.8) is 0 Å². The summed E-state index contributed by atoms with van der Waals surface area (Å²) in [5.74, 6) is 0.928. The number of fused-ring (bicyclic) bond motifs is 1. The Morgan fingerprint density at radius 2 is 1.83 bits per heavy atom. The molecule has 0 atom stereocenters. The van der Waals surface area contributed by atoms with Crippen LogP contribution in [0.15, 0.2) is 54.7 Å². The van der Waals surface area contributed by atoms with E-state index in [0.717, 1.165) is 25.2 Å². The quantitative estimate of drug-likeness (QED) is 0.759. The fourth-order valence-corrected chi connectivity index (χ4v) is 3.71. The van der Waals surface area contributed by atoms with Crippen LogP contribution < -0.4 is 0 Å². The van der Waals surface area contributed by atoms with E-state index in [4.69, 9.17) is 0 Å². The Morgan fingerprint density at radius 1 is 1.04 bits per heavy atom. The highest BCUT2D eigenvalue weighted by Crippen LogP contribution is 2.34. The average Bonchev–Trinajstić information content (AvgIpc) is 2.99. The van der Waals surface area contributed by atoms with Crippen LogP contribution in [0.4, 0.5) is 0 Å². The van der Waals surface area contributed by atoms with Gasteiger partial charge in [-0.15, -0.1) is 0 Å². The molecule has 1 saturated heterocycles. The van der Waals surface area contributed by atoms with Gasteiger partial charge in [0.2, 0.25) is 0 Å². The van der Waals surface area contributed by atoms with Crippen LogP contribution >= 0.6 is 0 Å². The van der Waals surface area contributed by atoms with Crippen LogP contribution in [0.1, 0.15) is 29.9 Å². The van der Waals surface area contributed by atoms with Gasteiger partial charge >= 0.3 is 0 Å². The maximum absolute atomic E-state index is 9.76. The number of benzene rings is 2. The van der Waals surface area contributed by atoms with Gasteiger partial charge < -0.3 is 10.1 Å². The molecular weight excluding hydrogens is 284 g/mol. The van der Waals surface area contributed by atoms with Crippen molar-refractivity contribution < 1.29 is 5.11 Å². The van der Waals surface area contributed by atoms with Gasteiger partial charge in [-0.25, -0.2) is 0 Å². The van der Waals surface area contributed by atoms with Crippen LogP contribution in [0.25, 0.3) is 10.9 Å². The zero-order valence-corrected chi connectivity index (χ0v) is 13.2. The molecule has 3 nitrogen and oxygen atoms in total. The van der Waals surface area contributed by atoms with E-state index in [0.29, 0.717) is 11.7 Å². The number of piperidine rings is 1. The van der Waals surface area contributed by atoms with Gasteiger partial charge in [0.15, 0.2) is 0 Å². The first-order chi connectivity index (χ1) is 11.3. The molecule has 2 aromatic carbocycles. The summed E-state index contributed by atoms with van der Waals surface area (Å²) in [5, 5.41) is 10.9. The van der Waals surface area contributed by atoms with Crippen LogP contribution in [-0.4, -0.2) is 28.1 Å². The molecular formula is C20H22N2O. The lowest BCUT2D eigenvalue weighted by Gasteiger charge is -2.32. The van der Waals surface area contributed by atoms with Gasteiger partial charge in [-0.05, 0) is 61.2 Å². The van der Waals surface area contributed by atoms with E-state index in [9.17, 15) is 5.11 Å². The Labute approximate surface area is 136 Å². The first-order valence-electron chi connectivity index (χ1n) is 8.36. The van der Waals surface area contributed by atoms with Gasteiger partial charge in [-0.1, -0.05) is 30.3 Å². The first kappa shape index (κ1) is 14.3. The Kier molecular flexibility index (Phi) is 3.80. The maximum Gasteiger partial charge on any atom is 0.116 e. The number of H-pyrrole nitrogens is 1. The number of hydrogen-bond donors (Lipinski definition) is 2. The third kappa shape index (κ3) is 2.97. The number of aromatic nitrogens is 1. The summed E-state index contributed by atoms with van der Waals surface area (Å²) >= 11 is 0. The number of aromatic amines is 1. The van der Waals surface area contributed by atoms with Crippen LogP contribution in [0, 0.1) is 0 Å². The minimum Gasteiger partial charge on any atom is -0.508 e. The zero-order chi connectivity index (χ0) is 15.6. The molecule has 0 saturated carbocycles. The third-order valence-electron chi connectivity index (χ3n) is 4.97. The Bertz CT molecular complexity index is 786. The highest BCUT2D eigenvalue weighted by Gasteiger charge is 2.22. The second-order valence-corrected chi connectivity index (χ2v) is 6.51. The summed E-state index contributed by atoms with van der Waals surface area (Å²) in [5.41, 5.74) is 3.86. The maximum atomic E-state index is 9.76. The molecule has 3 aromatic rings. The number of phenols is 1. The predicted octanol–water partition coefficient (Wildman–Crippen LogP) is 4.25. The number of hydrogen-bond acceptors (Lipinski definition) is 2. The molecule has 1 aromatic heterocycles. The van der Waals surface area contributed by atoms with Gasteiger partial charge in [0.05, 0.1) is 0 Å². The lowest BCUT2D eigenvalue weighted by atomic mass is 9.89. The standard InChI is InChI=1S/C20H22N2O/c23-17-6-7-20-18(12-17)19(13-21-20)16-8-10-22(11-9-16)14-15-4-2-1-3-5-15/h1-7,12-13,16,21,23H,8-11,14H2. The van der Waals surface area contributed by atoms with Crippen LogP contribution in [-0.2, 0) is 6.54 Å². The van der Waals surface area contributed by atoms with Gasteiger partial charge in [-0.2, -0.15) is 0 Å². The van der Waals surface area contributed by atoms with Crippen molar-refractivity contribution in [3.8, 4) is 5.75 Å². The molecule has 1 aliphatic rings. The molecule has 0 amide bonds. The van der Waals surface area contributed by atoms with Crippen molar-refractivity contribution in [3.05, 3.63) is 65.9 Å². The van der Waals surface area contributed by atoms with Crippen molar-refractivity contribution >= 4 is 10.9 Å². The number of likely N-dealkylation sites (tertiary alicyclic amines) is 1. The van der Waals surface area contributed by atoms with Gasteiger partial charge in [0, 0.05) is 23.6 Å². The topological polar surface area (TPSA) is 39.3 Å². The van der Waals surface area contributed by atoms with E-state index < -0.39 is 0 Å². The van der Waals surface area contributed by atoms with Crippen LogP contribution in [0.3, 0.4) is 0 Å². The molecule has 1 fully saturated rings. The minimum atomic E-state index is 0.347. The Hall–Kier alpha value is -2.26. The zero-order valence-electron chi connectivity index (χ0n) is 13.2. The summed E-state index contributed by atoms with van der Waals surface area (Å²) < 4.78 is 0. The van der Waals surface area contributed by atoms with Gasteiger partial charge in [0.25, 0.3) is 0 Å². The second-order valence-electron chi connectivity index (χ2n) is 6.51. The lowest BCUT2D eigenvalue weighted by Crippen LogP contribution is -2.32. The molecule has 0 spiro atoms. The Balaban J connectivity index is 1.45. The van der Waals surface area contributed by atoms with E-state index in [1.54, 1.807) is 6.07 Å². The number of rotatable bonds is 3. The van der Waals surface area contributed by atoms with E-state index in [2.05, 4.69) is 46.4 Å². The summed E-state index contributed by atoms with van der Waals surface area (Å²) in [4.78, 5) is 5.88. The SMILES string of the molecule is Oc1ccc2[nH]cc(C3CCN(Cc4ccccc4)CC3)c2c1. The van der Waals surface area contributed by atoms with Crippen molar-refractivity contribution in [2.24, 2.45) is 0 Å². The molecule has 3 heteroatoms. The lowest BCUT2D eigenvalue weighted by molar-refractivity contribution is 0.205. The molecule has 1 aliphatic heterocycles. The van der Waals surface area contributed by atoms with Gasteiger partial charge in [-0.3, -0.25) is 4.90 Å². The number of aromatic hydroxyl groups is 1. The van der Waals surface area contributed by atoms with E-state index in [1.165, 1.54) is 29.4 Å². The first-order valence-corrected chi connectivity index (χ1v) is 8.36. The molecule has 0 unspecified atom stereocenters. The summed E-state index contributed by atoms with van der Waals surface area (Å²) in [6, 6.07) is 16.3. The van der Waals surface area contributed by atoms with Crippen molar-refractivity contribution in [2.45, 2.75) is 25.3 Å². The molecule has 0 aliphatic carbocycles. The average molecular weight is 306 g/mol. The molecule has 0 bridgehead atoms. The molecule has 2 heterocycles. The number of phenolic OH excluding ortho intramolecular Hbond substituents is 1. The second kappa shape index (κ2) is 6.09. The van der Waals surface area contributed by atoms with E-state index in [1.807, 2.05) is 12.1 Å². The summed E-state index contributed by atoms with van der Waals surface area (Å²) in [7, 11) is 0. The highest BCUT2D eigenvalue weighted by molar-refractivity contribution is 5.85. The summed E-state index contributed by atoms with van der Waals surface area (Å²) in [6.07, 6.45) is 4.48. The molecule has 0 radical (unpaired) electrons. The van der Waals surface area contributed by atoms with Crippen LogP contribution in [0.5, 0.6) is 5.75 Å². The van der Waals surface area contributed by atoms with Crippen molar-refractivity contribution in [2.75, 3.05) is 13.1 Å². The van der Waals surface area contributed by atoms with Crippen molar-refractivity contribution in [1.29, 1.82) is 0 Å². The minimum absolute atomic E-state index is 0.347. The fraction of sp³-hybridized carbons (Fsp3) is 0.300.